The van der Waals surface area contributed by atoms with Gasteiger partial charge in [0, 0.05) is 37.8 Å². The summed E-state index contributed by atoms with van der Waals surface area (Å²) in [4.78, 5) is 42.4. The number of benzene rings is 1. The smallest absolute Gasteiger partial charge is 0.868 e. The number of amides is 1. The van der Waals surface area contributed by atoms with E-state index < -0.39 is 34.5 Å². The summed E-state index contributed by atoms with van der Waals surface area (Å²) in [6.07, 6.45) is 3.82. The Balaban J connectivity index is 0.00000259. The molecule has 0 spiro atoms. The van der Waals surface area contributed by atoms with Crippen molar-refractivity contribution in [2.24, 2.45) is 0 Å². The van der Waals surface area contributed by atoms with Gasteiger partial charge in [0.1, 0.15) is 23.5 Å². The van der Waals surface area contributed by atoms with E-state index in [1.165, 1.54) is 16.8 Å². The molecule has 2 aromatic rings. The van der Waals surface area contributed by atoms with Gasteiger partial charge in [-0.15, -0.1) is 0 Å². The normalized spacial score (nSPS) is 21.8. The Labute approximate surface area is 211 Å². The maximum absolute atomic E-state index is 13.9. The van der Waals surface area contributed by atoms with Crippen LogP contribution in [0, 0.1) is 11.6 Å². The Hall–Kier alpha value is -2.07. The molecule has 33 heavy (non-hydrogen) atoms. The summed E-state index contributed by atoms with van der Waals surface area (Å²) >= 11 is 0. The summed E-state index contributed by atoms with van der Waals surface area (Å²) in [6, 6.07) is 3.48. The number of rotatable bonds is 4. The molecule has 2 saturated heterocycles. The summed E-state index contributed by atoms with van der Waals surface area (Å²) < 4.78 is 28.4. The fraction of sp³-hybridized carbons (Fsp3) is 0.435. The van der Waals surface area contributed by atoms with Gasteiger partial charge in [0.25, 0.3) is 5.91 Å². The molecule has 2 atom stereocenters. The van der Waals surface area contributed by atoms with Crippen molar-refractivity contribution in [1.29, 1.82) is 0 Å². The number of carbonyl (C=O) groups is 2. The number of carbonyl (C=O) groups excluding carboxylic acids is 2. The third-order valence-corrected chi connectivity index (χ3v) is 6.87. The fourth-order valence-corrected chi connectivity index (χ4v) is 5.24. The van der Waals surface area contributed by atoms with Crippen LogP contribution in [0.1, 0.15) is 52.1 Å². The maximum Gasteiger partial charge on any atom is 1.00 e. The van der Waals surface area contributed by atoms with Crippen molar-refractivity contribution in [2.45, 2.75) is 50.9 Å². The van der Waals surface area contributed by atoms with E-state index in [1.54, 1.807) is 4.90 Å². The molecule has 3 aliphatic rings. The molecule has 3 aliphatic heterocycles. The number of hydrogen-bond acceptors (Lipinski definition) is 5. The summed E-state index contributed by atoms with van der Waals surface area (Å²) in [5.74, 6) is -3.55. The van der Waals surface area contributed by atoms with Crippen molar-refractivity contribution < 1.29 is 53.0 Å². The molecule has 0 saturated carbocycles. The van der Waals surface area contributed by atoms with Crippen LogP contribution in [0.25, 0.3) is 0 Å². The standard InChI is InChI=1S/C23H23F2N3O4.Na/c24-14-5-3-13(17(25)10-14)4-6-18(29)16-11-26-12-19-27-8-1-2-15(27)7-9-28(19)23(32)20(26)22(31)21(16)30;/h3,5,10-11,15,19,31H,1-2,4,6-9,12H2;/q;+1/p-1/t15-,19+;/m1./s1. The van der Waals surface area contributed by atoms with E-state index in [0.717, 1.165) is 37.9 Å². The molecule has 2 fully saturated rings. The minimum Gasteiger partial charge on any atom is -0.868 e. The van der Waals surface area contributed by atoms with Gasteiger partial charge < -0.3 is 14.6 Å². The third-order valence-electron chi connectivity index (χ3n) is 6.87. The largest absolute Gasteiger partial charge is 1.00 e. The number of halogens is 2. The second-order valence-corrected chi connectivity index (χ2v) is 8.66. The van der Waals surface area contributed by atoms with E-state index in [1.807, 2.05) is 0 Å². The van der Waals surface area contributed by atoms with Gasteiger partial charge in [0.05, 0.1) is 12.1 Å². The molecule has 10 heteroatoms. The van der Waals surface area contributed by atoms with Crippen LogP contribution in [-0.2, 0) is 13.0 Å². The Morgan fingerprint density at radius 3 is 2.70 bits per heavy atom. The topological polar surface area (TPSA) is 85.7 Å². The van der Waals surface area contributed by atoms with E-state index in [-0.39, 0.29) is 65.4 Å². The van der Waals surface area contributed by atoms with E-state index in [4.69, 9.17) is 0 Å². The minimum absolute atomic E-state index is 0. The summed E-state index contributed by atoms with van der Waals surface area (Å²) in [5, 5.41) is 12.8. The first-order chi connectivity index (χ1) is 15.3. The van der Waals surface area contributed by atoms with Gasteiger partial charge in [-0.05, 0) is 43.1 Å². The Kier molecular flexibility index (Phi) is 6.77. The molecular formula is C23H22F2N3NaO4. The van der Waals surface area contributed by atoms with Crippen molar-refractivity contribution >= 4 is 11.7 Å². The number of ketones is 1. The molecular weight excluding hydrogens is 443 g/mol. The number of aryl methyl sites for hydroxylation is 1. The van der Waals surface area contributed by atoms with Crippen LogP contribution in [0.4, 0.5) is 8.78 Å². The van der Waals surface area contributed by atoms with Crippen molar-refractivity contribution in [3.8, 4) is 5.75 Å². The molecule has 0 bridgehead atoms. The zero-order chi connectivity index (χ0) is 22.6. The van der Waals surface area contributed by atoms with E-state index in [0.29, 0.717) is 19.1 Å². The molecule has 0 radical (unpaired) electrons. The minimum atomic E-state index is -1.01. The molecule has 0 aliphatic carbocycles. The van der Waals surface area contributed by atoms with Gasteiger partial charge in [-0.1, -0.05) is 6.07 Å². The zero-order valence-electron chi connectivity index (χ0n) is 18.4. The van der Waals surface area contributed by atoms with Crippen LogP contribution >= 0.6 is 0 Å². The summed E-state index contributed by atoms with van der Waals surface area (Å²) in [5.41, 5.74) is -1.36. The predicted octanol–water partition coefficient (Wildman–Crippen LogP) is -1.33. The van der Waals surface area contributed by atoms with Crippen molar-refractivity contribution in [2.75, 3.05) is 13.1 Å². The number of fused-ring (bicyclic) bond motifs is 4. The average Bonchev–Trinajstić information content (AvgIpc) is 3.25. The van der Waals surface area contributed by atoms with Crippen molar-refractivity contribution in [3.63, 3.8) is 0 Å². The number of pyridine rings is 1. The summed E-state index contributed by atoms with van der Waals surface area (Å²) in [7, 11) is 0. The van der Waals surface area contributed by atoms with Crippen molar-refractivity contribution in [1.82, 2.24) is 14.4 Å². The van der Waals surface area contributed by atoms with Gasteiger partial charge in [-0.25, -0.2) is 8.78 Å². The molecule has 7 nitrogen and oxygen atoms in total. The molecule has 0 N–H and O–H groups in total. The van der Waals surface area contributed by atoms with E-state index in [2.05, 4.69) is 4.90 Å². The zero-order valence-corrected chi connectivity index (χ0v) is 20.4. The third kappa shape index (κ3) is 4.16. The second-order valence-electron chi connectivity index (χ2n) is 8.66. The predicted molar refractivity (Wildman–Crippen MR) is 108 cm³/mol. The SMILES string of the molecule is O=C(CCc1ccc(F)cc1F)c1cn2c(c([O-])c1=O)C(=O)N1CC[C@H]3CCCN3[C@@H]1C2.[Na+]. The van der Waals surface area contributed by atoms with Crippen LogP contribution in [0.3, 0.4) is 0 Å². The maximum atomic E-state index is 13.9. The van der Waals surface area contributed by atoms with Crippen LogP contribution in [-0.4, -0.2) is 51.4 Å². The number of nitrogens with zero attached hydrogens (tertiary/aromatic N) is 3. The van der Waals surface area contributed by atoms with Gasteiger partial charge in [0.2, 0.25) is 0 Å². The molecule has 168 valence electrons. The molecule has 1 aromatic carbocycles. The Morgan fingerprint density at radius 1 is 1.15 bits per heavy atom. The van der Waals surface area contributed by atoms with E-state index >= 15 is 0 Å². The molecule has 0 unspecified atom stereocenters. The van der Waals surface area contributed by atoms with Crippen LogP contribution in [0.2, 0.25) is 0 Å². The van der Waals surface area contributed by atoms with Crippen LogP contribution in [0.15, 0.2) is 29.2 Å². The Bertz CT molecular complexity index is 1190. The van der Waals surface area contributed by atoms with Crippen LogP contribution in [0.5, 0.6) is 5.75 Å². The van der Waals surface area contributed by atoms with Crippen LogP contribution < -0.4 is 40.1 Å². The Morgan fingerprint density at radius 2 is 1.94 bits per heavy atom. The molecule has 4 heterocycles. The number of aromatic nitrogens is 1. The van der Waals surface area contributed by atoms with Gasteiger partial charge >= 0.3 is 29.6 Å². The van der Waals surface area contributed by atoms with Crippen molar-refractivity contribution in [3.05, 3.63) is 63.1 Å². The molecule has 5 rings (SSSR count). The quantitative estimate of drug-likeness (QED) is 0.413. The van der Waals surface area contributed by atoms with Gasteiger partial charge in [0.15, 0.2) is 11.2 Å². The van der Waals surface area contributed by atoms with Gasteiger partial charge in [-0.2, -0.15) is 0 Å². The number of hydrogen-bond donors (Lipinski definition) is 0. The summed E-state index contributed by atoms with van der Waals surface area (Å²) in [6.45, 7) is 1.73. The van der Waals surface area contributed by atoms with Gasteiger partial charge in [-0.3, -0.25) is 19.3 Å². The average molecular weight is 465 g/mol. The number of Topliss-reactive ketones (excluding diaryl/α,β-unsaturated/α-hetero) is 1. The first kappa shape index (κ1) is 24.1. The second kappa shape index (κ2) is 9.29. The first-order valence-corrected chi connectivity index (χ1v) is 10.8. The fourth-order valence-electron chi connectivity index (χ4n) is 5.24. The molecule has 1 amide bonds. The monoisotopic (exact) mass is 465 g/mol. The van der Waals surface area contributed by atoms with E-state index in [9.17, 15) is 28.3 Å². The first-order valence-electron chi connectivity index (χ1n) is 10.8. The molecule has 1 aromatic heterocycles.